The van der Waals surface area contributed by atoms with E-state index in [2.05, 4.69) is 17.2 Å². The van der Waals surface area contributed by atoms with Gasteiger partial charge in [0, 0.05) is 30.5 Å². The number of rotatable bonds is 1. The Bertz CT molecular complexity index is 253. The zero-order valence-corrected chi connectivity index (χ0v) is 7.72. The minimum Gasteiger partial charge on any atom is -0.328 e. The van der Waals surface area contributed by atoms with Gasteiger partial charge >= 0.3 is 0 Å². The summed E-state index contributed by atoms with van der Waals surface area (Å²) in [5.41, 5.74) is 2.05. The molecule has 1 N–H and O–H groups in total. The van der Waals surface area contributed by atoms with Crippen LogP contribution in [0.25, 0.3) is 0 Å². The normalized spacial score (nSPS) is 22.8. The van der Waals surface area contributed by atoms with Crippen molar-refractivity contribution < 1.29 is 4.79 Å². The maximum Gasteiger partial charge on any atom is 0.221 e. The van der Waals surface area contributed by atoms with Crippen LogP contribution in [0.15, 0.2) is 16.9 Å². The molecule has 0 aliphatic carbocycles. The van der Waals surface area contributed by atoms with Crippen molar-refractivity contribution in [3.8, 4) is 0 Å². The Labute approximate surface area is 72.6 Å². The Balaban J connectivity index is 2.69. The van der Waals surface area contributed by atoms with Gasteiger partial charge in [-0.1, -0.05) is 6.92 Å². The molecule has 3 heteroatoms. The average molecular weight is 166 g/mol. The van der Waals surface area contributed by atoms with E-state index < -0.39 is 0 Å². The van der Waals surface area contributed by atoms with Crippen LogP contribution in [-0.2, 0) is 4.79 Å². The highest BCUT2D eigenvalue weighted by molar-refractivity contribution is 5.84. The second-order valence-corrected chi connectivity index (χ2v) is 3.24. The molecule has 0 saturated heterocycles. The largest absolute Gasteiger partial charge is 0.328 e. The van der Waals surface area contributed by atoms with Gasteiger partial charge in [0.15, 0.2) is 0 Å². The van der Waals surface area contributed by atoms with E-state index in [0.717, 1.165) is 17.8 Å². The lowest BCUT2D eigenvalue weighted by molar-refractivity contribution is -0.118. The molecule has 1 atom stereocenters. The Morgan fingerprint density at radius 3 is 2.92 bits per heavy atom. The third-order valence-electron chi connectivity index (χ3n) is 1.88. The minimum absolute atomic E-state index is 0.0251. The van der Waals surface area contributed by atoms with Crippen molar-refractivity contribution in [3.05, 3.63) is 11.9 Å². The van der Waals surface area contributed by atoms with E-state index in [0.29, 0.717) is 5.92 Å². The van der Waals surface area contributed by atoms with E-state index in [1.807, 2.05) is 6.92 Å². The first-order valence-corrected chi connectivity index (χ1v) is 4.10. The van der Waals surface area contributed by atoms with E-state index in [9.17, 15) is 4.79 Å². The monoisotopic (exact) mass is 166 g/mol. The molecule has 0 saturated carbocycles. The summed E-state index contributed by atoms with van der Waals surface area (Å²) < 4.78 is 0. The standard InChI is InChI=1S/C9H14N2O/c1-6-4-7(2)10-5-9(6)11-8(3)12/h5-6H,4H2,1-3H3,(H,11,12). The molecule has 1 amide bonds. The van der Waals surface area contributed by atoms with Gasteiger partial charge in [0.1, 0.15) is 0 Å². The molecule has 1 aliphatic rings. The van der Waals surface area contributed by atoms with E-state index in [1.54, 1.807) is 6.20 Å². The lowest BCUT2D eigenvalue weighted by Crippen LogP contribution is -2.26. The number of allylic oxidation sites excluding steroid dienone is 1. The summed E-state index contributed by atoms with van der Waals surface area (Å²) >= 11 is 0. The van der Waals surface area contributed by atoms with Crippen LogP contribution in [0.3, 0.4) is 0 Å². The van der Waals surface area contributed by atoms with Gasteiger partial charge in [0.2, 0.25) is 5.91 Å². The molecule has 1 unspecified atom stereocenters. The topological polar surface area (TPSA) is 41.5 Å². The summed E-state index contributed by atoms with van der Waals surface area (Å²) in [7, 11) is 0. The van der Waals surface area contributed by atoms with Crippen LogP contribution in [0.5, 0.6) is 0 Å². The summed E-state index contributed by atoms with van der Waals surface area (Å²) in [6.07, 6.45) is 2.68. The van der Waals surface area contributed by atoms with Gasteiger partial charge in [-0.15, -0.1) is 0 Å². The summed E-state index contributed by atoms with van der Waals surface area (Å²) in [5.74, 6) is 0.356. The first kappa shape index (κ1) is 8.97. The van der Waals surface area contributed by atoms with Crippen molar-refractivity contribution >= 4 is 11.6 Å². The Morgan fingerprint density at radius 2 is 2.42 bits per heavy atom. The highest BCUT2D eigenvalue weighted by Gasteiger charge is 2.14. The summed E-state index contributed by atoms with van der Waals surface area (Å²) in [6, 6.07) is 0. The lowest BCUT2D eigenvalue weighted by atomic mass is 9.99. The first-order valence-electron chi connectivity index (χ1n) is 4.10. The van der Waals surface area contributed by atoms with E-state index in [1.165, 1.54) is 6.92 Å². The lowest BCUT2D eigenvalue weighted by Gasteiger charge is -2.18. The molecular weight excluding hydrogens is 152 g/mol. The zero-order valence-electron chi connectivity index (χ0n) is 7.72. The predicted molar refractivity (Wildman–Crippen MR) is 48.8 cm³/mol. The minimum atomic E-state index is -0.0251. The number of nitrogens with one attached hydrogen (secondary N) is 1. The second-order valence-electron chi connectivity index (χ2n) is 3.24. The van der Waals surface area contributed by atoms with E-state index >= 15 is 0 Å². The smallest absolute Gasteiger partial charge is 0.221 e. The number of amides is 1. The molecule has 0 fully saturated rings. The molecule has 66 valence electrons. The Hall–Kier alpha value is -1.12. The molecule has 3 nitrogen and oxygen atoms in total. The van der Waals surface area contributed by atoms with Gasteiger partial charge < -0.3 is 5.32 Å². The highest BCUT2D eigenvalue weighted by Crippen LogP contribution is 2.17. The van der Waals surface area contributed by atoms with Gasteiger partial charge in [-0.25, -0.2) is 0 Å². The Morgan fingerprint density at radius 1 is 1.75 bits per heavy atom. The fraction of sp³-hybridized carbons (Fsp3) is 0.556. The SMILES string of the molecule is CC(=O)NC1=CN=C(C)CC1C. The van der Waals surface area contributed by atoms with Gasteiger partial charge in [0.05, 0.1) is 0 Å². The van der Waals surface area contributed by atoms with E-state index in [4.69, 9.17) is 0 Å². The van der Waals surface area contributed by atoms with Crippen LogP contribution in [0.4, 0.5) is 0 Å². The number of nitrogens with zero attached hydrogens (tertiary/aromatic N) is 1. The maximum absolute atomic E-state index is 10.7. The first-order chi connectivity index (χ1) is 5.59. The molecule has 0 bridgehead atoms. The molecule has 0 spiro atoms. The number of carbonyl (C=O) groups excluding carboxylic acids is 1. The van der Waals surface area contributed by atoms with Crippen molar-refractivity contribution in [2.45, 2.75) is 27.2 Å². The van der Waals surface area contributed by atoms with Crippen molar-refractivity contribution in [1.82, 2.24) is 5.32 Å². The fourth-order valence-electron chi connectivity index (χ4n) is 1.27. The molecule has 0 aromatic heterocycles. The third-order valence-corrected chi connectivity index (χ3v) is 1.88. The number of hydrogen-bond donors (Lipinski definition) is 1. The summed E-state index contributed by atoms with van der Waals surface area (Å²) in [6.45, 7) is 5.59. The van der Waals surface area contributed by atoms with E-state index in [-0.39, 0.29) is 5.91 Å². The second kappa shape index (κ2) is 3.52. The van der Waals surface area contributed by atoms with Crippen molar-refractivity contribution in [2.75, 3.05) is 0 Å². The van der Waals surface area contributed by atoms with Gasteiger partial charge in [-0.2, -0.15) is 0 Å². The van der Waals surface area contributed by atoms with Crippen LogP contribution >= 0.6 is 0 Å². The van der Waals surface area contributed by atoms with Crippen LogP contribution < -0.4 is 5.32 Å². The molecule has 1 aliphatic heterocycles. The highest BCUT2D eigenvalue weighted by atomic mass is 16.1. The fourth-order valence-corrected chi connectivity index (χ4v) is 1.27. The van der Waals surface area contributed by atoms with Gasteiger partial charge in [0.25, 0.3) is 0 Å². The van der Waals surface area contributed by atoms with Crippen molar-refractivity contribution in [1.29, 1.82) is 0 Å². The summed E-state index contributed by atoms with van der Waals surface area (Å²) in [5, 5.41) is 2.77. The van der Waals surface area contributed by atoms with Crippen LogP contribution in [-0.4, -0.2) is 11.6 Å². The molecule has 0 aromatic rings. The molecule has 0 radical (unpaired) electrons. The molecule has 12 heavy (non-hydrogen) atoms. The average Bonchev–Trinajstić information content (AvgIpc) is 1.94. The summed E-state index contributed by atoms with van der Waals surface area (Å²) in [4.78, 5) is 14.9. The van der Waals surface area contributed by atoms with Crippen LogP contribution in [0.2, 0.25) is 0 Å². The van der Waals surface area contributed by atoms with Crippen LogP contribution in [0.1, 0.15) is 27.2 Å². The zero-order chi connectivity index (χ0) is 9.14. The molecular formula is C9H14N2O. The van der Waals surface area contributed by atoms with Gasteiger partial charge in [-0.05, 0) is 13.3 Å². The molecule has 1 heterocycles. The third kappa shape index (κ3) is 2.19. The Kier molecular flexibility index (Phi) is 2.63. The number of carbonyl (C=O) groups is 1. The van der Waals surface area contributed by atoms with Crippen molar-refractivity contribution in [3.63, 3.8) is 0 Å². The molecule has 0 aromatic carbocycles. The number of aliphatic imine (C=N–C) groups is 1. The van der Waals surface area contributed by atoms with Gasteiger partial charge in [-0.3, -0.25) is 9.79 Å². The van der Waals surface area contributed by atoms with Crippen molar-refractivity contribution in [2.24, 2.45) is 10.9 Å². The maximum atomic E-state index is 10.7. The molecule has 1 rings (SSSR count). The quantitative estimate of drug-likeness (QED) is 0.629. The predicted octanol–water partition coefficient (Wildman–Crippen LogP) is 1.46. The van der Waals surface area contributed by atoms with Crippen LogP contribution in [0, 0.1) is 5.92 Å². The number of hydrogen-bond acceptors (Lipinski definition) is 2.